The van der Waals surface area contributed by atoms with E-state index in [1.807, 2.05) is 24.3 Å². The van der Waals surface area contributed by atoms with Crippen LogP contribution < -0.4 is 4.90 Å². The number of para-hydroxylation sites is 3. The van der Waals surface area contributed by atoms with E-state index in [-0.39, 0.29) is 0 Å². The molecule has 1 aliphatic carbocycles. The largest absolute Gasteiger partial charge is 0.456 e. The zero-order chi connectivity index (χ0) is 40.3. The topological polar surface area (TPSA) is 29.5 Å². The standard InChI is InChI=1S/C58H43NO2/c1-2-12-40(13-3-1)46-19-10-14-41-15-11-20-51(58(41)46)47-16-4-7-21-53(47)59(44-30-24-38(25-31-44)42-29-35-56-52(36-42)49-18-6-9-23-55(49)60-56)45-32-26-39(27-33-45)43-28-34-50-48-17-5-8-22-54(48)61-57(50)37-43/h4-11,14-37,40H,1-3,12-13H2. The lowest BCUT2D eigenvalue weighted by atomic mass is 9.80. The molecule has 1 saturated carbocycles. The third kappa shape index (κ3) is 6.19. The highest BCUT2D eigenvalue weighted by atomic mass is 16.3. The maximum atomic E-state index is 6.29. The highest BCUT2D eigenvalue weighted by Gasteiger charge is 2.23. The molecule has 292 valence electrons. The average molecular weight is 786 g/mol. The van der Waals surface area contributed by atoms with E-state index in [1.165, 1.54) is 59.6 Å². The molecule has 12 rings (SSSR count). The summed E-state index contributed by atoms with van der Waals surface area (Å²) in [6, 6.07) is 70.4. The second-order valence-corrected chi connectivity index (χ2v) is 16.7. The van der Waals surface area contributed by atoms with Crippen molar-refractivity contribution in [3.8, 4) is 33.4 Å². The highest BCUT2D eigenvalue weighted by molar-refractivity contribution is 6.08. The van der Waals surface area contributed by atoms with Gasteiger partial charge in [0, 0.05) is 38.5 Å². The zero-order valence-electron chi connectivity index (χ0n) is 33.9. The van der Waals surface area contributed by atoms with E-state index in [2.05, 4.69) is 175 Å². The van der Waals surface area contributed by atoms with E-state index in [0.717, 1.165) is 83.2 Å². The van der Waals surface area contributed by atoms with Gasteiger partial charge in [0.15, 0.2) is 0 Å². The molecule has 9 aromatic carbocycles. The molecule has 0 aliphatic heterocycles. The Morgan fingerprint density at radius 3 is 1.66 bits per heavy atom. The van der Waals surface area contributed by atoms with Crippen LogP contribution in [0.25, 0.3) is 88.0 Å². The number of hydrogen-bond donors (Lipinski definition) is 0. The van der Waals surface area contributed by atoms with Crippen molar-refractivity contribution in [2.24, 2.45) is 0 Å². The normalized spacial score (nSPS) is 13.5. The number of benzene rings is 9. The minimum Gasteiger partial charge on any atom is -0.456 e. The van der Waals surface area contributed by atoms with Crippen LogP contribution >= 0.6 is 0 Å². The molecule has 0 bridgehead atoms. The molecule has 0 spiro atoms. The van der Waals surface area contributed by atoms with Crippen molar-refractivity contribution in [1.29, 1.82) is 0 Å². The third-order valence-corrected chi connectivity index (χ3v) is 13.1. The Kier molecular flexibility index (Phi) is 8.59. The summed E-state index contributed by atoms with van der Waals surface area (Å²) in [7, 11) is 0. The van der Waals surface area contributed by atoms with Gasteiger partial charge in [0.05, 0.1) is 5.69 Å². The lowest BCUT2D eigenvalue weighted by Crippen LogP contribution is -2.11. The minimum atomic E-state index is 0.583. The first-order valence-electron chi connectivity index (χ1n) is 21.7. The van der Waals surface area contributed by atoms with Crippen molar-refractivity contribution in [3.63, 3.8) is 0 Å². The quantitative estimate of drug-likeness (QED) is 0.161. The summed E-state index contributed by atoms with van der Waals surface area (Å²) < 4.78 is 12.5. The van der Waals surface area contributed by atoms with Crippen molar-refractivity contribution in [1.82, 2.24) is 0 Å². The SMILES string of the molecule is c1ccc(N(c2ccc(-c3ccc4c(c3)oc3ccccc34)cc2)c2ccc(-c3ccc4oc5ccccc5c4c3)cc2)c(-c2cccc3cccc(C4CCCCC4)c23)c1. The van der Waals surface area contributed by atoms with Gasteiger partial charge in [-0.2, -0.15) is 0 Å². The molecule has 0 N–H and O–H groups in total. The Hall–Kier alpha value is -7.36. The first-order chi connectivity index (χ1) is 30.2. The molecule has 3 heteroatoms. The highest BCUT2D eigenvalue weighted by Crippen LogP contribution is 2.46. The van der Waals surface area contributed by atoms with Crippen LogP contribution in [0.2, 0.25) is 0 Å². The van der Waals surface area contributed by atoms with E-state index < -0.39 is 0 Å². The van der Waals surface area contributed by atoms with E-state index in [1.54, 1.807) is 0 Å². The Morgan fingerprint density at radius 1 is 0.377 bits per heavy atom. The van der Waals surface area contributed by atoms with Crippen LogP contribution in [0.4, 0.5) is 17.1 Å². The van der Waals surface area contributed by atoms with E-state index >= 15 is 0 Å². The molecular formula is C58H43NO2. The lowest BCUT2D eigenvalue weighted by Gasteiger charge is -2.29. The maximum Gasteiger partial charge on any atom is 0.136 e. The summed E-state index contributed by atoms with van der Waals surface area (Å²) in [4.78, 5) is 2.43. The van der Waals surface area contributed by atoms with Gasteiger partial charge in [0.25, 0.3) is 0 Å². The fourth-order valence-electron chi connectivity index (χ4n) is 10.1. The second kappa shape index (κ2) is 14.7. The van der Waals surface area contributed by atoms with Gasteiger partial charge < -0.3 is 13.7 Å². The Morgan fingerprint density at radius 2 is 0.918 bits per heavy atom. The average Bonchev–Trinajstić information content (AvgIpc) is 3.90. The van der Waals surface area contributed by atoms with Crippen molar-refractivity contribution in [2.45, 2.75) is 38.0 Å². The van der Waals surface area contributed by atoms with E-state index in [9.17, 15) is 0 Å². The fourth-order valence-corrected chi connectivity index (χ4v) is 10.1. The molecule has 1 fully saturated rings. The van der Waals surface area contributed by atoms with Crippen LogP contribution in [-0.4, -0.2) is 0 Å². The summed E-state index contributed by atoms with van der Waals surface area (Å²) in [5.74, 6) is 0.583. The zero-order valence-corrected chi connectivity index (χ0v) is 33.9. The lowest BCUT2D eigenvalue weighted by molar-refractivity contribution is 0.445. The van der Waals surface area contributed by atoms with E-state index in [0.29, 0.717) is 5.92 Å². The number of rotatable bonds is 7. The number of furan rings is 2. The van der Waals surface area contributed by atoms with Crippen LogP contribution in [0.15, 0.2) is 203 Å². The van der Waals surface area contributed by atoms with Crippen LogP contribution in [0.3, 0.4) is 0 Å². The number of hydrogen-bond acceptors (Lipinski definition) is 3. The Labute approximate surface area is 355 Å². The molecule has 2 heterocycles. The van der Waals surface area contributed by atoms with Gasteiger partial charge >= 0.3 is 0 Å². The first-order valence-corrected chi connectivity index (χ1v) is 21.7. The third-order valence-electron chi connectivity index (χ3n) is 13.1. The number of anilines is 3. The van der Waals surface area contributed by atoms with Gasteiger partial charge in [0.2, 0.25) is 0 Å². The second-order valence-electron chi connectivity index (χ2n) is 16.7. The van der Waals surface area contributed by atoms with Crippen LogP contribution in [0, 0.1) is 0 Å². The summed E-state index contributed by atoms with van der Waals surface area (Å²) in [5, 5.41) is 7.25. The predicted molar refractivity (Wildman–Crippen MR) is 255 cm³/mol. The summed E-state index contributed by atoms with van der Waals surface area (Å²) in [6.07, 6.45) is 6.46. The Balaban J connectivity index is 0.988. The molecule has 11 aromatic rings. The monoisotopic (exact) mass is 785 g/mol. The molecule has 0 unspecified atom stereocenters. The van der Waals surface area contributed by atoms with Crippen LogP contribution in [-0.2, 0) is 0 Å². The predicted octanol–water partition coefficient (Wildman–Crippen LogP) is 17.2. The van der Waals surface area contributed by atoms with Crippen molar-refractivity contribution in [3.05, 3.63) is 200 Å². The van der Waals surface area contributed by atoms with Gasteiger partial charge in [-0.05, 0) is 130 Å². The van der Waals surface area contributed by atoms with E-state index in [4.69, 9.17) is 8.83 Å². The van der Waals surface area contributed by atoms with Crippen LogP contribution in [0.5, 0.6) is 0 Å². The molecule has 1 aliphatic rings. The van der Waals surface area contributed by atoms with Crippen molar-refractivity contribution >= 4 is 71.7 Å². The number of fused-ring (bicyclic) bond motifs is 7. The van der Waals surface area contributed by atoms with Gasteiger partial charge in [-0.15, -0.1) is 0 Å². The molecular weight excluding hydrogens is 743 g/mol. The summed E-state index contributed by atoms with van der Waals surface area (Å²) in [5.41, 5.74) is 15.6. The van der Waals surface area contributed by atoms with Gasteiger partial charge in [-0.1, -0.05) is 147 Å². The molecule has 61 heavy (non-hydrogen) atoms. The Bertz CT molecular complexity index is 3400. The molecule has 2 aromatic heterocycles. The molecule has 0 atom stereocenters. The van der Waals surface area contributed by atoms with Crippen molar-refractivity contribution in [2.75, 3.05) is 4.90 Å². The fraction of sp³-hybridized carbons (Fsp3) is 0.103. The smallest absolute Gasteiger partial charge is 0.136 e. The van der Waals surface area contributed by atoms with Gasteiger partial charge in [0.1, 0.15) is 22.3 Å². The molecule has 0 saturated heterocycles. The van der Waals surface area contributed by atoms with Gasteiger partial charge in [-0.25, -0.2) is 0 Å². The summed E-state index contributed by atoms with van der Waals surface area (Å²) >= 11 is 0. The van der Waals surface area contributed by atoms with Gasteiger partial charge in [-0.3, -0.25) is 0 Å². The first kappa shape index (κ1) is 35.6. The molecule has 0 radical (unpaired) electrons. The summed E-state index contributed by atoms with van der Waals surface area (Å²) in [6.45, 7) is 0. The molecule has 0 amide bonds. The molecule has 3 nitrogen and oxygen atoms in total. The maximum absolute atomic E-state index is 6.29. The minimum absolute atomic E-state index is 0.583. The van der Waals surface area contributed by atoms with Crippen molar-refractivity contribution < 1.29 is 8.83 Å². The number of nitrogens with zero attached hydrogens (tertiary/aromatic N) is 1. The van der Waals surface area contributed by atoms with Crippen LogP contribution in [0.1, 0.15) is 43.6 Å².